The van der Waals surface area contributed by atoms with E-state index in [0.29, 0.717) is 6.54 Å². The van der Waals surface area contributed by atoms with Crippen LogP contribution in [0.3, 0.4) is 0 Å². The largest absolute Gasteiger partial charge is 0.469 e. The first-order valence-corrected chi connectivity index (χ1v) is 7.54. The summed E-state index contributed by atoms with van der Waals surface area (Å²) in [6, 6.07) is 3.87. The third-order valence-corrected chi connectivity index (χ3v) is 3.97. The highest BCUT2D eigenvalue weighted by atomic mass is 32.1. The molecule has 0 aromatic carbocycles. The number of guanidine groups is 1. The van der Waals surface area contributed by atoms with Gasteiger partial charge in [0.15, 0.2) is 5.96 Å². The molecule has 0 amide bonds. The van der Waals surface area contributed by atoms with Crippen LogP contribution in [0.4, 0.5) is 0 Å². The van der Waals surface area contributed by atoms with Crippen molar-refractivity contribution >= 4 is 17.3 Å². The molecular weight excluding hydrogens is 272 g/mol. The Morgan fingerprint density at radius 2 is 2.35 bits per heavy atom. The summed E-state index contributed by atoms with van der Waals surface area (Å²) in [6.45, 7) is 3.62. The minimum Gasteiger partial charge on any atom is -0.469 e. The van der Waals surface area contributed by atoms with Crippen molar-refractivity contribution in [3.63, 3.8) is 0 Å². The van der Waals surface area contributed by atoms with Gasteiger partial charge < -0.3 is 15.1 Å². The molecule has 2 rings (SSSR count). The number of hydrogen-bond acceptors (Lipinski definition) is 4. The number of aryl methyl sites for hydroxylation is 1. The molecule has 0 saturated carbocycles. The second kappa shape index (κ2) is 7.69. The molecule has 0 aliphatic heterocycles. The molecule has 0 saturated heterocycles. The molecule has 0 atom stereocenters. The highest BCUT2D eigenvalue weighted by Gasteiger charge is 2.03. The number of nitrogens with one attached hydrogen (secondary N) is 2. The minimum absolute atomic E-state index is 0.699. The van der Waals surface area contributed by atoms with Crippen molar-refractivity contribution < 1.29 is 4.42 Å². The van der Waals surface area contributed by atoms with Crippen molar-refractivity contribution in [1.29, 1.82) is 0 Å². The highest BCUT2D eigenvalue weighted by Crippen LogP contribution is 2.12. The Hall–Kier alpha value is -1.82. The first-order valence-electron chi connectivity index (χ1n) is 6.72. The quantitative estimate of drug-likeness (QED) is 0.633. The zero-order valence-corrected chi connectivity index (χ0v) is 12.7. The summed E-state index contributed by atoms with van der Waals surface area (Å²) in [7, 11) is 1.77. The fraction of sp³-hybridized carbons (Fsp3) is 0.429. The highest BCUT2D eigenvalue weighted by molar-refractivity contribution is 7.11. The van der Waals surface area contributed by atoms with Gasteiger partial charge in [0.2, 0.25) is 0 Å². The molecule has 5 nitrogen and oxygen atoms in total. The van der Waals surface area contributed by atoms with Gasteiger partial charge in [-0.1, -0.05) is 6.92 Å². The number of aromatic nitrogens is 1. The SMILES string of the molecule is CCc1cnc(CNC(=NC)NCCc2ccco2)s1. The molecule has 20 heavy (non-hydrogen) atoms. The maximum Gasteiger partial charge on any atom is 0.191 e. The van der Waals surface area contributed by atoms with E-state index < -0.39 is 0 Å². The number of rotatable bonds is 6. The van der Waals surface area contributed by atoms with Crippen LogP contribution in [0.1, 0.15) is 22.6 Å². The molecule has 0 radical (unpaired) electrons. The topological polar surface area (TPSA) is 62.5 Å². The summed E-state index contributed by atoms with van der Waals surface area (Å²) in [5.41, 5.74) is 0. The molecule has 0 fully saturated rings. The second-order valence-electron chi connectivity index (χ2n) is 4.26. The van der Waals surface area contributed by atoms with Gasteiger partial charge in [-0.05, 0) is 18.6 Å². The van der Waals surface area contributed by atoms with Crippen molar-refractivity contribution in [2.75, 3.05) is 13.6 Å². The van der Waals surface area contributed by atoms with Gasteiger partial charge in [0.25, 0.3) is 0 Å². The van der Waals surface area contributed by atoms with Crippen LogP contribution in [-0.2, 0) is 19.4 Å². The fourth-order valence-electron chi connectivity index (χ4n) is 1.73. The zero-order valence-electron chi connectivity index (χ0n) is 11.8. The zero-order chi connectivity index (χ0) is 14.2. The van der Waals surface area contributed by atoms with E-state index in [1.807, 2.05) is 18.3 Å². The lowest BCUT2D eigenvalue weighted by molar-refractivity contribution is 0.507. The second-order valence-corrected chi connectivity index (χ2v) is 5.46. The summed E-state index contributed by atoms with van der Waals surface area (Å²) in [4.78, 5) is 9.87. The molecule has 2 aromatic heterocycles. The number of aliphatic imine (C=N–C) groups is 1. The molecule has 2 aromatic rings. The smallest absolute Gasteiger partial charge is 0.191 e. The lowest BCUT2D eigenvalue weighted by atomic mass is 10.3. The van der Waals surface area contributed by atoms with E-state index in [1.54, 1.807) is 24.6 Å². The van der Waals surface area contributed by atoms with Crippen molar-refractivity contribution in [3.05, 3.63) is 40.2 Å². The summed E-state index contributed by atoms with van der Waals surface area (Å²) in [6.07, 6.45) is 5.50. The maximum absolute atomic E-state index is 5.28. The average molecular weight is 292 g/mol. The van der Waals surface area contributed by atoms with Crippen LogP contribution in [0.2, 0.25) is 0 Å². The molecule has 2 heterocycles. The first kappa shape index (κ1) is 14.6. The Balaban J connectivity index is 1.72. The van der Waals surface area contributed by atoms with Gasteiger partial charge in [-0.3, -0.25) is 4.99 Å². The van der Waals surface area contributed by atoms with Crippen LogP contribution < -0.4 is 10.6 Å². The van der Waals surface area contributed by atoms with E-state index in [1.165, 1.54) is 4.88 Å². The van der Waals surface area contributed by atoms with Crippen LogP contribution in [0.25, 0.3) is 0 Å². The van der Waals surface area contributed by atoms with Crippen molar-refractivity contribution in [3.8, 4) is 0 Å². The Bertz CT molecular complexity index is 533. The van der Waals surface area contributed by atoms with Crippen molar-refractivity contribution in [2.45, 2.75) is 26.3 Å². The first-order chi connectivity index (χ1) is 9.81. The third-order valence-electron chi connectivity index (χ3n) is 2.82. The molecule has 0 aliphatic rings. The molecule has 2 N–H and O–H groups in total. The summed E-state index contributed by atoms with van der Waals surface area (Å²) in [5, 5.41) is 7.59. The van der Waals surface area contributed by atoms with E-state index in [0.717, 1.165) is 36.1 Å². The van der Waals surface area contributed by atoms with Crippen LogP contribution in [0, 0.1) is 0 Å². The minimum atomic E-state index is 0.699. The van der Waals surface area contributed by atoms with Crippen molar-refractivity contribution in [2.24, 2.45) is 4.99 Å². The molecule has 0 bridgehead atoms. The maximum atomic E-state index is 5.28. The fourth-order valence-corrected chi connectivity index (χ4v) is 2.53. The van der Waals surface area contributed by atoms with Crippen LogP contribution in [0.5, 0.6) is 0 Å². The molecule has 6 heteroatoms. The van der Waals surface area contributed by atoms with Crippen molar-refractivity contribution in [1.82, 2.24) is 15.6 Å². The average Bonchev–Trinajstić information content (AvgIpc) is 3.13. The van der Waals surface area contributed by atoms with E-state index in [4.69, 9.17) is 4.42 Å². The molecule has 0 aliphatic carbocycles. The standard InChI is InChI=1S/C14H20N4OS/c1-3-12-9-17-13(20-12)10-18-14(15-2)16-7-6-11-5-4-8-19-11/h4-5,8-9H,3,6-7,10H2,1-2H3,(H2,15,16,18). The third kappa shape index (κ3) is 4.38. The molecule has 0 unspecified atom stereocenters. The lowest BCUT2D eigenvalue weighted by Gasteiger charge is -2.09. The predicted octanol–water partition coefficient (Wildman–Crippen LogP) is 2.21. The number of furan rings is 1. The number of nitrogens with zero attached hydrogens (tertiary/aromatic N) is 2. The molecule has 108 valence electrons. The van der Waals surface area contributed by atoms with Gasteiger partial charge in [0.05, 0.1) is 12.8 Å². The number of hydrogen-bond donors (Lipinski definition) is 2. The summed E-state index contributed by atoms with van der Waals surface area (Å²) >= 11 is 1.74. The Labute approximate surface area is 123 Å². The summed E-state index contributed by atoms with van der Waals surface area (Å²) < 4.78 is 5.28. The Morgan fingerprint density at radius 3 is 3.00 bits per heavy atom. The van der Waals surface area contributed by atoms with Gasteiger partial charge in [-0.15, -0.1) is 11.3 Å². The molecular formula is C14H20N4OS. The van der Waals surface area contributed by atoms with Crippen LogP contribution in [-0.4, -0.2) is 24.5 Å². The normalized spacial score (nSPS) is 11.6. The number of thiazole rings is 1. The van der Waals surface area contributed by atoms with Gasteiger partial charge in [0.1, 0.15) is 10.8 Å². The van der Waals surface area contributed by atoms with Crippen LogP contribution >= 0.6 is 11.3 Å². The van der Waals surface area contributed by atoms with Gasteiger partial charge in [-0.2, -0.15) is 0 Å². The molecule has 0 spiro atoms. The van der Waals surface area contributed by atoms with E-state index >= 15 is 0 Å². The lowest BCUT2D eigenvalue weighted by Crippen LogP contribution is -2.37. The van der Waals surface area contributed by atoms with Gasteiger partial charge in [0, 0.05) is 31.1 Å². The van der Waals surface area contributed by atoms with E-state index in [-0.39, 0.29) is 0 Å². The monoisotopic (exact) mass is 292 g/mol. The van der Waals surface area contributed by atoms with E-state index in [2.05, 4.69) is 27.5 Å². The Morgan fingerprint density at radius 1 is 1.45 bits per heavy atom. The summed E-state index contributed by atoms with van der Waals surface area (Å²) in [5.74, 6) is 1.75. The Kier molecular flexibility index (Phi) is 5.61. The van der Waals surface area contributed by atoms with Gasteiger partial charge in [-0.25, -0.2) is 4.98 Å². The predicted molar refractivity (Wildman–Crippen MR) is 82.1 cm³/mol. The van der Waals surface area contributed by atoms with E-state index in [9.17, 15) is 0 Å². The van der Waals surface area contributed by atoms with Gasteiger partial charge >= 0.3 is 0 Å². The van der Waals surface area contributed by atoms with Crippen LogP contribution in [0.15, 0.2) is 34.0 Å².